The number of nitrogens with zero attached hydrogens (tertiary/aromatic N) is 1. The predicted octanol–water partition coefficient (Wildman–Crippen LogP) is 4.40. The van der Waals surface area contributed by atoms with Gasteiger partial charge in [0.2, 0.25) is 0 Å². The third kappa shape index (κ3) is 7.15. The first-order chi connectivity index (χ1) is 10.1. The van der Waals surface area contributed by atoms with Crippen LogP contribution in [-0.4, -0.2) is 36.7 Å². The quantitative estimate of drug-likeness (QED) is 0.713. The minimum absolute atomic E-state index is 0.293. The highest BCUT2D eigenvalue weighted by Crippen LogP contribution is 2.26. The molecule has 7 heteroatoms. The van der Waals surface area contributed by atoms with Crippen LogP contribution >= 0.6 is 31.9 Å². The summed E-state index contributed by atoms with van der Waals surface area (Å²) in [6, 6.07) is 1.93. The number of carbonyl (C=O) groups is 1. The first-order valence-electron chi connectivity index (χ1n) is 7.17. The van der Waals surface area contributed by atoms with Crippen molar-refractivity contribution in [2.24, 2.45) is 5.92 Å². The highest BCUT2D eigenvalue weighted by atomic mass is 79.9. The van der Waals surface area contributed by atoms with Crippen molar-refractivity contribution in [3.05, 3.63) is 21.0 Å². The van der Waals surface area contributed by atoms with Crippen LogP contribution in [0.25, 0.3) is 0 Å². The summed E-state index contributed by atoms with van der Waals surface area (Å²) < 4.78 is 12.4. The molecule has 1 aromatic rings. The van der Waals surface area contributed by atoms with Gasteiger partial charge >= 0.3 is 6.09 Å². The fourth-order valence-electron chi connectivity index (χ4n) is 1.87. The molecule has 126 valence electrons. The van der Waals surface area contributed by atoms with Gasteiger partial charge in [0, 0.05) is 13.6 Å². The Morgan fingerprint density at radius 3 is 2.59 bits per heavy atom. The maximum absolute atomic E-state index is 11.9. The smallest absolute Gasteiger partial charge is 0.410 e. The van der Waals surface area contributed by atoms with Crippen LogP contribution in [0.4, 0.5) is 4.79 Å². The molecule has 0 radical (unpaired) electrons. The van der Waals surface area contributed by atoms with Gasteiger partial charge in [0.05, 0.1) is 11.0 Å². The molecule has 1 atom stereocenters. The zero-order valence-corrected chi connectivity index (χ0v) is 16.9. The summed E-state index contributed by atoms with van der Waals surface area (Å²) in [6.07, 6.45) is -0.293. The van der Waals surface area contributed by atoms with E-state index in [9.17, 15) is 4.79 Å². The summed E-state index contributed by atoms with van der Waals surface area (Å²) in [5, 5.41) is 3.32. The summed E-state index contributed by atoms with van der Waals surface area (Å²) in [5.74, 6) is 1.16. The highest BCUT2D eigenvalue weighted by molar-refractivity contribution is 9.13. The van der Waals surface area contributed by atoms with Crippen LogP contribution in [0.2, 0.25) is 0 Å². The van der Waals surface area contributed by atoms with Crippen LogP contribution in [0, 0.1) is 5.92 Å². The molecule has 22 heavy (non-hydrogen) atoms. The molecule has 0 aromatic carbocycles. The molecule has 0 aliphatic rings. The molecule has 1 amide bonds. The zero-order chi connectivity index (χ0) is 16.9. The van der Waals surface area contributed by atoms with Crippen LogP contribution in [0.15, 0.2) is 19.6 Å². The Bertz CT molecular complexity index is 478. The summed E-state index contributed by atoms with van der Waals surface area (Å²) in [6.45, 7) is 9.74. The minimum Gasteiger partial charge on any atom is -0.452 e. The Labute approximate surface area is 149 Å². The Morgan fingerprint density at radius 1 is 1.45 bits per heavy atom. The molecule has 0 spiro atoms. The molecule has 1 heterocycles. The lowest BCUT2D eigenvalue weighted by Crippen LogP contribution is -2.38. The first-order valence-corrected chi connectivity index (χ1v) is 8.75. The lowest BCUT2D eigenvalue weighted by Gasteiger charge is -2.26. The fourth-order valence-corrected chi connectivity index (χ4v) is 2.53. The number of hydrogen-bond acceptors (Lipinski definition) is 4. The highest BCUT2D eigenvalue weighted by Gasteiger charge is 2.20. The fraction of sp³-hybridized carbons (Fsp3) is 0.667. The van der Waals surface area contributed by atoms with Crippen molar-refractivity contribution in [2.75, 3.05) is 20.1 Å². The molecule has 5 nitrogen and oxygen atoms in total. The lowest BCUT2D eigenvalue weighted by molar-refractivity contribution is 0.0276. The molecule has 1 rings (SSSR count). The molecule has 1 N–H and O–H groups in total. The Hall–Kier alpha value is -0.530. The van der Waals surface area contributed by atoms with Crippen LogP contribution in [0.5, 0.6) is 0 Å². The summed E-state index contributed by atoms with van der Waals surface area (Å²) in [5.41, 5.74) is -0.465. The van der Waals surface area contributed by atoms with E-state index in [2.05, 4.69) is 44.1 Å². The number of rotatable bonds is 6. The summed E-state index contributed by atoms with van der Waals surface area (Å²) in [7, 11) is 1.76. The van der Waals surface area contributed by atoms with Gasteiger partial charge in [-0.2, -0.15) is 0 Å². The van der Waals surface area contributed by atoms with Gasteiger partial charge in [0.25, 0.3) is 0 Å². The van der Waals surface area contributed by atoms with Gasteiger partial charge in [-0.05, 0) is 71.2 Å². The molecule has 0 bridgehead atoms. The average Bonchev–Trinajstić information content (AvgIpc) is 2.66. The van der Waals surface area contributed by atoms with Crippen LogP contribution in [-0.2, 0) is 11.3 Å². The van der Waals surface area contributed by atoms with E-state index in [4.69, 9.17) is 9.15 Å². The lowest BCUT2D eigenvalue weighted by atomic mass is 10.1. The van der Waals surface area contributed by atoms with Gasteiger partial charge in [-0.15, -0.1) is 0 Å². The van der Waals surface area contributed by atoms with Crippen LogP contribution in [0.3, 0.4) is 0 Å². The summed E-state index contributed by atoms with van der Waals surface area (Å²) >= 11 is 6.69. The molecule has 1 aromatic heterocycles. The van der Waals surface area contributed by atoms with Crippen LogP contribution in [0.1, 0.15) is 33.5 Å². The van der Waals surface area contributed by atoms with Gasteiger partial charge in [0.15, 0.2) is 4.67 Å². The molecular weight excluding hydrogens is 416 g/mol. The second-order valence-electron chi connectivity index (χ2n) is 6.43. The van der Waals surface area contributed by atoms with Crippen molar-refractivity contribution >= 4 is 38.0 Å². The maximum Gasteiger partial charge on any atom is 0.410 e. The van der Waals surface area contributed by atoms with E-state index in [0.29, 0.717) is 23.7 Å². The van der Waals surface area contributed by atoms with E-state index >= 15 is 0 Å². The monoisotopic (exact) mass is 438 g/mol. The largest absolute Gasteiger partial charge is 0.452 e. The number of halogens is 2. The van der Waals surface area contributed by atoms with E-state index in [-0.39, 0.29) is 6.09 Å². The van der Waals surface area contributed by atoms with Crippen molar-refractivity contribution in [3.63, 3.8) is 0 Å². The minimum atomic E-state index is -0.465. The second kappa shape index (κ2) is 8.36. The van der Waals surface area contributed by atoms with Crippen molar-refractivity contribution in [2.45, 2.75) is 39.8 Å². The third-order valence-electron chi connectivity index (χ3n) is 2.78. The number of hydrogen-bond donors (Lipinski definition) is 1. The van der Waals surface area contributed by atoms with Crippen molar-refractivity contribution in [1.82, 2.24) is 10.2 Å². The zero-order valence-electron chi connectivity index (χ0n) is 13.7. The van der Waals surface area contributed by atoms with Gasteiger partial charge in [-0.3, -0.25) is 0 Å². The van der Waals surface area contributed by atoms with Gasteiger partial charge < -0.3 is 19.4 Å². The van der Waals surface area contributed by atoms with Gasteiger partial charge in [-0.25, -0.2) is 4.79 Å². The van der Waals surface area contributed by atoms with Crippen molar-refractivity contribution in [3.8, 4) is 0 Å². The standard InChI is InChI=1S/C15H24Br2N2O3/c1-10(9-19(5)14(20)22-15(2,3)4)7-18-8-11-6-12(16)13(17)21-11/h6,10,18H,7-9H2,1-5H3. The van der Waals surface area contributed by atoms with Gasteiger partial charge in [-0.1, -0.05) is 6.92 Å². The van der Waals surface area contributed by atoms with Crippen LogP contribution < -0.4 is 5.32 Å². The maximum atomic E-state index is 11.9. The first kappa shape index (κ1) is 19.5. The summed E-state index contributed by atoms with van der Waals surface area (Å²) in [4.78, 5) is 13.5. The molecule has 0 saturated heterocycles. The number of amides is 1. The SMILES string of the molecule is CC(CNCc1cc(Br)c(Br)o1)CN(C)C(=O)OC(C)(C)C. The Balaban J connectivity index is 2.30. The molecule has 0 saturated carbocycles. The Kier molecular flexibility index (Phi) is 7.41. The number of carbonyl (C=O) groups excluding carboxylic acids is 1. The molecular formula is C15H24Br2N2O3. The number of ether oxygens (including phenoxy) is 1. The molecule has 0 fully saturated rings. The Morgan fingerprint density at radius 2 is 2.09 bits per heavy atom. The van der Waals surface area contributed by atoms with Crippen molar-refractivity contribution in [1.29, 1.82) is 0 Å². The average molecular weight is 440 g/mol. The topological polar surface area (TPSA) is 54.7 Å². The van der Waals surface area contributed by atoms with Crippen molar-refractivity contribution < 1.29 is 13.9 Å². The normalized spacial score (nSPS) is 13.0. The van der Waals surface area contributed by atoms with E-state index < -0.39 is 5.60 Å². The number of furan rings is 1. The predicted molar refractivity (Wildman–Crippen MR) is 93.8 cm³/mol. The van der Waals surface area contributed by atoms with E-state index in [1.165, 1.54) is 0 Å². The third-order valence-corrected chi connectivity index (χ3v) is 4.49. The van der Waals surface area contributed by atoms with E-state index in [1.807, 2.05) is 26.8 Å². The number of nitrogens with one attached hydrogen (secondary N) is 1. The molecule has 0 aliphatic carbocycles. The molecule has 1 unspecified atom stereocenters. The second-order valence-corrected chi connectivity index (χ2v) is 8.01. The van der Waals surface area contributed by atoms with E-state index in [1.54, 1.807) is 11.9 Å². The van der Waals surface area contributed by atoms with E-state index in [0.717, 1.165) is 16.8 Å². The molecule has 0 aliphatic heterocycles. The van der Waals surface area contributed by atoms with Gasteiger partial charge in [0.1, 0.15) is 11.4 Å².